The summed E-state index contributed by atoms with van der Waals surface area (Å²) in [6, 6.07) is 11.6. The Hall–Kier alpha value is -3.68. The Labute approximate surface area is 174 Å². The van der Waals surface area contributed by atoms with Gasteiger partial charge in [-0.15, -0.1) is 0 Å². The van der Waals surface area contributed by atoms with Gasteiger partial charge in [-0.25, -0.2) is 9.59 Å². The molecule has 8 heteroatoms. The third kappa shape index (κ3) is 6.16. The number of hydrogen-bond donors (Lipinski definition) is 3. The number of benzene rings is 2. The Balaban J connectivity index is 2.02. The van der Waals surface area contributed by atoms with Gasteiger partial charge < -0.3 is 21.1 Å². The SMILES string of the molecule is C[C@H](OC(=O)c1cccc(NC(N)=O)c1)C(=O)c1ccc(NC(=O)C(C)(C)C)cc1. The molecule has 0 aromatic heterocycles. The normalized spacial score (nSPS) is 11.9. The lowest BCUT2D eigenvalue weighted by Crippen LogP contribution is -2.27. The molecule has 0 saturated carbocycles. The summed E-state index contributed by atoms with van der Waals surface area (Å²) < 4.78 is 5.25. The van der Waals surface area contributed by atoms with Gasteiger partial charge in [0.1, 0.15) is 0 Å². The molecule has 3 amide bonds. The first-order chi connectivity index (χ1) is 14.0. The van der Waals surface area contributed by atoms with Gasteiger partial charge in [-0.1, -0.05) is 26.8 Å². The average Bonchev–Trinajstić information content (AvgIpc) is 2.67. The zero-order valence-corrected chi connectivity index (χ0v) is 17.3. The van der Waals surface area contributed by atoms with Crippen LogP contribution < -0.4 is 16.4 Å². The van der Waals surface area contributed by atoms with E-state index in [1.54, 1.807) is 57.2 Å². The number of ketones is 1. The molecule has 0 heterocycles. The molecular weight excluding hydrogens is 386 g/mol. The van der Waals surface area contributed by atoms with Crippen LogP contribution in [-0.4, -0.2) is 29.8 Å². The molecule has 4 N–H and O–H groups in total. The van der Waals surface area contributed by atoms with Gasteiger partial charge in [-0.3, -0.25) is 9.59 Å². The predicted octanol–water partition coefficient (Wildman–Crippen LogP) is 3.59. The van der Waals surface area contributed by atoms with Crippen LogP contribution in [0.15, 0.2) is 48.5 Å². The van der Waals surface area contributed by atoms with Gasteiger partial charge in [-0.05, 0) is 49.4 Å². The highest BCUT2D eigenvalue weighted by Gasteiger charge is 2.23. The van der Waals surface area contributed by atoms with E-state index in [2.05, 4.69) is 10.6 Å². The number of amides is 3. The summed E-state index contributed by atoms with van der Waals surface area (Å²) in [6.07, 6.45) is -1.03. The van der Waals surface area contributed by atoms with Crippen molar-refractivity contribution in [1.29, 1.82) is 0 Å². The second-order valence-corrected chi connectivity index (χ2v) is 7.76. The van der Waals surface area contributed by atoms with E-state index < -0.39 is 23.5 Å². The molecule has 0 saturated heterocycles. The maximum Gasteiger partial charge on any atom is 0.338 e. The van der Waals surface area contributed by atoms with Gasteiger partial charge in [0.15, 0.2) is 6.10 Å². The van der Waals surface area contributed by atoms with E-state index in [0.29, 0.717) is 16.9 Å². The Kier molecular flexibility index (Phi) is 6.94. The Morgan fingerprint density at radius 3 is 2.10 bits per heavy atom. The number of ether oxygens (including phenoxy) is 1. The second-order valence-electron chi connectivity index (χ2n) is 7.76. The van der Waals surface area contributed by atoms with E-state index in [1.807, 2.05) is 0 Å². The largest absolute Gasteiger partial charge is 0.451 e. The maximum absolute atomic E-state index is 12.6. The van der Waals surface area contributed by atoms with Gasteiger partial charge in [0.25, 0.3) is 0 Å². The summed E-state index contributed by atoms with van der Waals surface area (Å²) in [5.74, 6) is -1.24. The number of carbonyl (C=O) groups is 4. The summed E-state index contributed by atoms with van der Waals surface area (Å²) in [5, 5.41) is 5.14. The number of rotatable bonds is 6. The molecule has 2 aromatic carbocycles. The van der Waals surface area contributed by atoms with Crippen molar-refractivity contribution >= 4 is 35.1 Å². The van der Waals surface area contributed by atoms with E-state index in [1.165, 1.54) is 19.1 Å². The lowest BCUT2D eigenvalue weighted by atomic mass is 9.95. The molecule has 2 aromatic rings. The van der Waals surface area contributed by atoms with Crippen molar-refractivity contribution in [2.24, 2.45) is 11.1 Å². The summed E-state index contributed by atoms with van der Waals surface area (Å²) in [7, 11) is 0. The number of anilines is 2. The highest BCUT2D eigenvalue weighted by atomic mass is 16.5. The van der Waals surface area contributed by atoms with Crippen molar-refractivity contribution in [3.8, 4) is 0 Å². The summed E-state index contributed by atoms with van der Waals surface area (Å²) in [6.45, 7) is 6.88. The lowest BCUT2D eigenvalue weighted by Gasteiger charge is -2.18. The van der Waals surface area contributed by atoms with Crippen LogP contribution in [-0.2, 0) is 9.53 Å². The average molecular weight is 411 g/mol. The minimum atomic E-state index is -1.03. The standard InChI is InChI=1S/C22H25N3O5/c1-13(30-19(27)15-6-5-7-17(12-15)25-21(23)29)18(26)14-8-10-16(11-9-14)24-20(28)22(2,3)4/h5-13H,1-4H3,(H,24,28)(H3,23,25,29)/t13-/m0/s1. The highest BCUT2D eigenvalue weighted by Crippen LogP contribution is 2.19. The van der Waals surface area contributed by atoms with Crippen molar-refractivity contribution in [2.75, 3.05) is 10.6 Å². The quantitative estimate of drug-likeness (QED) is 0.494. The molecule has 0 bridgehead atoms. The first-order valence-electron chi connectivity index (χ1n) is 9.30. The zero-order chi connectivity index (χ0) is 22.5. The highest BCUT2D eigenvalue weighted by molar-refractivity contribution is 6.02. The molecule has 0 spiro atoms. The molecule has 0 unspecified atom stereocenters. The number of nitrogens with one attached hydrogen (secondary N) is 2. The van der Waals surface area contributed by atoms with Gasteiger partial charge in [0.05, 0.1) is 5.56 Å². The number of esters is 1. The molecule has 0 aliphatic rings. The van der Waals surface area contributed by atoms with E-state index >= 15 is 0 Å². The first kappa shape index (κ1) is 22.6. The number of nitrogens with two attached hydrogens (primary N) is 1. The van der Waals surface area contributed by atoms with Crippen molar-refractivity contribution in [3.05, 3.63) is 59.7 Å². The van der Waals surface area contributed by atoms with Crippen LogP contribution in [0, 0.1) is 5.41 Å². The fourth-order valence-corrected chi connectivity index (χ4v) is 2.42. The fraction of sp³-hybridized carbons (Fsp3) is 0.273. The fourth-order valence-electron chi connectivity index (χ4n) is 2.42. The Morgan fingerprint density at radius 1 is 0.900 bits per heavy atom. The number of hydrogen-bond acceptors (Lipinski definition) is 5. The summed E-state index contributed by atoms with van der Waals surface area (Å²) in [5.41, 5.74) is 5.93. The molecule has 158 valence electrons. The van der Waals surface area contributed by atoms with Crippen LogP contribution in [0.25, 0.3) is 0 Å². The Bertz CT molecular complexity index is 961. The van der Waals surface area contributed by atoms with Gasteiger partial charge in [0, 0.05) is 22.4 Å². The van der Waals surface area contributed by atoms with E-state index in [9.17, 15) is 19.2 Å². The summed E-state index contributed by atoms with van der Waals surface area (Å²) >= 11 is 0. The first-order valence-corrected chi connectivity index (χ1v) is 9.30. The zero-order valence-electron chi connectivity index (χ0n) is 17.3. The molecular formula is C22H25N3O5. The lowest BCUT2D eigenvalue weighted by molar-refractivity contribution is -0.123. The maximum atomic E-state index is 12.6. The van der Waals surface area contributed by atoms with E-state index in [4.69, 9.17) is 10.5 Å². The molecule has 0 aliphatic carbocycles. The smallest absolute Gasteiger partial charge is 0.338 e. The topological polar surface area (TPSA) is 128 Å². The van der Waals surface area contributed by atoms with Crippen LogP contribution in [0.4, 0.5) is 16.2 Å². The molecule has 30 heavy (non-hydrogen) atoms. The van der Waals surface area contributed by atoms with Crippen LogP contribution in [0.5, 0.6) is 0 Å². The molecule has 1 atom stereocenters. The second kappa shape index (κ2) is 9.21. The van der Waals surface area contributed by atoms with E-state index in [0.717, 1.165) is 0 Å². The monoisotopic (exact) mass is 411 g/mol. The molecule has 2 rings (SSSR count). The number of carbonyl (C=O) groups excluding carboxylic acids is 4. The molecule has 8 nitrogen and oxygen atoms in total. The van der Waals surface area contributed by atoms with E-state index in [-0.39, 0.29) is 17.3 Å². The van der Waals surface area contributed by atoms with Crippen molar-refractivity contribution in [1.82, 2.24) is 0 Å². The van der Waals surface area contributed by atoms with Crippen molar-refractivity contribution in [3.63, 3.8) is 0 Å². The van der Waals surface area contributed by atoms with Crippen LogP contribution in [0.1, 0.15) is 48.4 Å². The third-order valence-electron chi connectivity index (χ3n) is 4.13. The number of urea groups is 1. The Morgan fingerprint density at radius 2 is 1.53 bits per heavy atom. The van der Waals surface area contributed by atoms with Gasteiger partial charge in [-0.2, -0.15) is 0 Å². The van der Waals surface area contributed by atoms with Crippen LogP contribution in [0.3, 0.4) is 0 Å². The van der Waals surface area contributed by atoms with Crippen molar-refractivity contribution in [2.45, 2.75) is 33.8 Å². The number of Topliss-reactive ketones (excluding diaryl/α,β-unsaturated/α-hetero) is 1. The van der Waals surface area contributed by atoms with Gasteiger partial charge in [0.2, 0.25) is 11.7 Å². The minimum absolute atomic E-state index is 0.142. The van der Waals surface area contributed by atoms with Crippen LogP contribution >= 0.6 is 0 Å². The molecule has 0 fully saturated rings. The third-order valence-corrected chi connectivity index (χ3v) is 4.13. The van der Waals surface area contributed by atoms with Crippen LogP contribution in [0.2, 0.25) is 0 Å². The van der Waals surface area contributed by atoms with Crippen molar-refractivity contribution < 1.29 is 23.9 Å². The number of primary amides is 1. The molecule has 0 aliphatic heterocycles. The predicted molar refractivity (Wildman–Crippen MR) is 113 cm³/mol. The molecule has 0 radical (unpaired) electrons. The van der Waals surface area contributed by atoms with Gasteiger partial charge >= 0.3 is 12.0 Å². The minimum Gasteiger partial charge on any atom is -0.451 e. The summed E-state index contributed by atoms with van der Waals surface area (Å²) in [4.78, 5) is 47.9.